The number of hydrogen-bond donors (Lipinski definition) is 3. The Morgan fingerprint density at radius 2 is 1.77 bits per heavy atom. The summed E-state index contributed by atoms with van der Waals surface area (Å²) in [5, 5.41) is 11.8. The van der Waals surface area contributed by atoms with Gasteiger partial charge in [0.1, 0.15) is 18.1 Å². The van der Waals surface area contributed by atoms with E-state index >= 15 is 0 Å². The van der Waals surface area contributed by atoms with Gasteiger partial charge in [-0.2, -0.15) is 0 Å². The van der Waals surface area contributed by atoms with Crippen LogP contribution in [0.2, 0.25) is 10.0 Å². The molecule has 1 aromatic heterocycles. The monoisotopic (exact) mass is 514 g/mol. The summed E-state index contributed by atoms with van der Waals surface area (Å²) in [5.74, 6) is 0.663. The number of aromatic carboxylic acids is 1. The predicted octanol–water partition coefficient (Wildman–Crippen LogP) is 5.96. The summed E-state index contributed by atoms with van der Waals surface area (Å²) >= 11 is 12.9. The number of rotatable bonds is 8. The molecule has 0 bridgehead atoms. The maximum Gasteiger partial charge on any atom is 0.335 e. The van der Waals surface area contributed by atoms with Crippen molar-refractivity contribution in [2.75, 3.05) is 11.6 Å². The molecule has 0 atom stereocenters. The van der Waals surface area contributed by atoms with Crippen molar-refractivity contribution in [1.82, 2.24) is 15.9 Å². The lowest BCUT2D eigenvalue weighted by atomic mass is 10.1. The molecule has 3 aromatic rings. The number of carboxylic acids is 1. The highest BCUT2D eigenvalue weighted by Crippen LogP contribution is 2.37. The van der Waals surface area contributed by atoms with Gasteiger partial charge in [-0.3, -0.25) is 5.01 Å². The largest absolute Gasteiger partial charge is 0.478 e. The standard InChI is InChI=1S/C25H24Cl2N4O4/c1-14(2)23-20(31(30-29-23)24-18(26)5-4-6-19(24)27)13-34-22-12-11-21(15(3)28-22)35-17-9-7-16(8-10-17)25(32)33/h4-12,14,29-30H,13H2,1-3H3,(H,32,33). The molecule has 0 unspecified atom stereocenters. The minimum Gasteiger partial charge on any atom is -0.478 e. The third-order valence-electron chi connectivity index (χ3n) is 5.32. The number of para-hydroxylation sites is 1. The number of hydrogen-bond acceptors (Lipinski definition) is 7. The summed E-state index contributed by atoms with van der Waals surface area (Å²) < 4.78 is 11.9. The van der Waals surface area contributed by atoms with Crippen molar-refractivity contribution in [3.05, 3.63) is 87.3 Å². The van der Waals surface area contributed by atoms with E-state index in [1.807, 2.05) is 0 Å². The quantitative estimate of drug-likeness (QED) is 0.338. The molecule has 1 aliphatic rings. The highest BCUT2D eigenvalue weighted by molar-refractivity contribution is 6.39. The lowest BCUT2D eigenvalue weighted by Gasteiger charge is -2.23. The van der Waals surface area contributed by atoms with Crippen LogP contribution in [0.4, 0.5) is 5.69 Å². The Labute approximate surface area is 213 Å². The molecule has 0 aliphatic carbocycles. The lowest BCUT2D eigenvalue weighted by molar-refractivity contribution is 0.0697. The Bertz CT molecular complexity index is 1260. The third-order valence-corrected chi connectivity index (χ3v) is 5.93. The van der Waals surface area contributed by atoms with Crippen LogP contribution in [0.1, 0.15) is 29.9 Å². The topological polar surface area (TPSA) is 96.0 Å². The normalized spacial score (nSPS) is 13.3. The summed E-state index contributed by atoms with van der Waals surface area (Å²) in [6.45, 7) is 6.15. The van der Waals surface area contributed by atoms with Gasteiger partial charge in [-0.25, -0.2) is 9.78 Å². The van der Waals surface area contributed by atoms with Crippen LogP contribution in [0.3, 0.4) is 0 Å². The van der Waals surface area contributed by atoms with E-state index in [1.165, 1.54) is 12.1 Å². The fraction of sp³-hybridized carbons (Fsp3) is 0.200. The minimum atomic E-state index is -0.991. The Morgan fingerprint density at radius 3 is 2.37 bits per heavy atom. The molecule has 35 heavy (non-hydrogen) atoms. The number of ether oxygens (including phenoxy) is 2. The minimum absolute atomic E-state index is 0.186. The van der Waals surface area contributed by atoms with E-state index in [9.17, 15) is 4.79 Å². The Balaban J connectivity index is 1.51. The van der Waals surface area contributed by atoms with Crippen molar-refractivity contribution in [3.8, 4) is 17.4 Å². The zero-order valence-corrected chi connectivity index (χ0v) is 20.8. The average molecular weight is 515 g/mol. The zero-order chi connectivity index (χ0) is 25.1. The molecule has 2 aromatic carbocycles. The second kappa shape index (κ2) is 10.4. The number of allylic oxidation sites excluding steroid dienone is 1. The van der Waals surface area contributed by atoms with E-state index in [4.69, 9.17) is 37.8 Å². The van der Waals surface area contributed by atoms with Crippen LogP contribution in [-0.2, 0) is 0 Å². The first kappa shape index (κ1) is 24.7. The maximum atomic E-state index is 11.0. The maximum absolute atomic E-state index is 11.0. The number of nitrogens with zero attached hydrogens (tertiary/aromatic N) is 2. The van der Waals surface area contributed by atoms with Crippen LogP contribution in [0, 0.1) is 12.8 Å². The number of halogens is 2. The number of anilines is 1. The van der Waals surface area contributed by atoms with Gasteiger partial charge in [0.15, 0.2) is 0 Å². The van der Waals surface area contributed by atoms with Crippen molar-refractivity contribution in [3.63, 3.8) is 0 Å². The van der Waals surface area contributed by atoms with E-state index in [1.54, 1.807) is 54.4 Å². The molecule has 4 rings (SSSR count). The van der Waals surface area contributed by atoms with E-state index in [0.29, 0.717) is 38.8 Å². The molecule has 182 valence electrons. The van der Waals surface area contributed by atoms with Crippen molar-refractivity contribution in [2.24, 2.45) is 5.92 Å². The van der Waals surface area contributed by atoms with Crippen molar-refractivity contribution >= 4 is 34.9 Å². The van der Waals surface area contributed by atoms with Crippen molar-refractivity contribution < 1.29 is 19.4 Å². The molecule has 0 amide bonds. The fourth-order valence-electron chi connectivity index (χ4n) is 3.54. The molecule has 10 heteroatoms. The van der Waals surface area contributed by atoms with Crippen LogP contribution in [-0.4, -0.2) is 22.7 Å². The first-order valence-corrected chi connectivity index (χ1v) is 11.6. The molecule has 8 nitrogen and oxygen atoms in total. The van der Waals surface area contributed by atoms with Gasteiger partial charge in [0.2, 0.25) is 5.88 Å². The van der Waals surface area contributed by atoms with Gasteiger partial charge in [-0.15, -0.1) is 5.53 Å². The highest BCUT2D eigenvalue weighted by Gasteiger charge is 2.28. The number of hydrazine groups is 2. The second-order valence-corrected chi connectivity index (χ2v) is 8.93. The van der Waals surface area contributed by atoms with Gasteiger partial charge < -0.3 is 20.0 Å². The van der Waals surface area contributed by atoms with Gasteiger partial charge in [0, 0.05) is 6.07 Å². The van der Waals surface area contributed by atoms with Gasteiger partial charge in [0.05, 0.1) is 38.4 Å². The van der Waals surface area contributed by atoms with Crippen LogP contribution < -0.4 is 25.4 Å². The second-order valence-electron chi connectivity index (χ2n) is 8.11. The molecule has 1 aliphatic heterocycles. The lowest BCUT2D eigenvalue weighted by Crippen LogP contribution is -2.39. The van der Waals surface area contributed by atoms with E-state index in [-0.39, 0.29) is 18.1 Å². The Morgan fingerprint density at radius 1 is 1.09 bits per heavy atom. The number of aromatic nitrogens is 1. The van der Waals surface area contributed by atoms with E-state index in [2.05, 4.69) is 29.8 Å². The Kier molecular flexibility index (Phi) is 7.35. The number of carbonyl (C=O) groups is 1. The summed E-state index contributed by atoms with van der Waals surface area (Å²) in [5.41, 5.74) is 9.51. The molecule has 2 heterocycles. The molecule has 0 saturated heterocycles. The number of nitrogens with one attached hydrogen (secondary N) is 2. The number of aryl methyl sites for hydroxylation is 1. The molecular formula is C25H24Cl2N4O4. The van der Waals surface area contributed by atoms with E-state index < -0.39 is 5.97 Å². The van der Waals surface area contributed by atoms with Crippen LogP contribution >= 0.6 is 23.2 Å². The number of carboxylic acid groups (broad SMARTS) is 1. The first-order chi connectivity index (χ1) is 16.7. The highest BCUT2D eigenvalue weighted by atomic mass is 35.5. The van der Waals surface area contributed by atoms with Crippen molar-refractivity contribution in [1.29, 1.82) is 0 Å². The fourth-order valence-corrected chi connectivity index (χ4v) is 4.10. The molecule has 3 N–H and O–H groups in total. The SMILES string of the molecule is Cc1nc(OCC2=C(C(C)C)NNN2c2c(Cl)cccc2Cl)ccc1Oc1ccc(C(=O)O)cc1. The van der Waals surface area contributed by atoms with E-state index in [0.717, 1.165) is 11.4 Å². The first-order valence-electron chi connectivity index (χ1n) is 10.8. The van der Waals surface area contributed by atoms with Crippen LogP contribution in [0.15, 0.2) is 66.0 Å². The summed E-state index contributed by atoms with van der Waals surface area (Å²) in [6.07, 6.45) is 0. The average Bonchev–Trinajstić information content (AvgIpc) is 3.23. The molecule has 0 saturated carbocycles. The smallest absolute Gasteiger partial charge is 0.335 e. The molecule has 0 radical (unpaired) electrons. The summed E-state index contributed by atoms with van der Waals surface area (Å²) in [6, 6.07) is 15.0. The van der Waals surface area contributed by atoms with Crippen molar-refractivity contribution in [2.45, 2.75) is 20.8 Å². The summed E-state index contributed by atoms with van der Waals surface area (Å²) in [4.78, 5) is 15.5. The van der Waals surface area contributed by atoms with Crippen LogP contribution in [0.5, 0.6) is 17.4 Å². The third kappa shape index (κ3) is 5.45. The Hall–Kier alpha value is -3.46. The number of pyridine rings is 1. The molecule has 0 fully saturated rings. The number of benzene rings is 2. The molecule has 0 spiro atoms. The zero-order valence-electron chi connectivity index (χ0n) is 19.3. The van der Waals surface area contributed by atoms with Gasteiger partial charge in [-0.1, -0.05) is 43.1 Å². The predicted molar refractivity (Wildman–Crippen MR) is 135 cm³/mol. The van der Waals surface area contributed by atoms with Gasteiger partial charge >= 0.3 is 5.97 Å². The van der Waals surface area contributed by atoms with Gasteiger partial charge in [0.25, 0.3) is 0 Å². The molecular weight excluding hydrogens is 491 g/mol. The summed E-state index contributed by atoms with van der Waals surface area (Å²) in [7, 11) is 0. The van der Waals surface area contributed by atoms with Crippen LogP contribution in [0.25, 0.3) is 0 Å². The van der Waals surface area contributed by atoms with Gasteiger partial charge in [-0.05, 0) is 55.3 Å².